The van der Waals surface area contributed by atoms with E-state index in [4.69, 9.17) is 0 Å². The molecule has 2 aromatic rings. The fourth-order valence-corrected chi connectivity index (χ4v) is 2.96. The molecule has 110 valence electrons. The molecule has 1 aliphatic carbocycles. The number of fused-ring (bicyclic) bond motifs is 1. The zero-order chi connectivity index (χ0) is 14.5. The molecule has 0 saturated heterocycles. The molecule has 1 aliphatic rings. The standard InChI is InChI=1S/C17H22N4/c1-2-16(13-8-4-3-5-9-13)19-21-17-15-11-7-6-10-14(15)12-18-20-17/h6-7,10-12,19H,2-5,8-9H2,1H3,(H,20,21). The third kappa shape index (κ3) is 3.15. The van der Waals surface area contributed by atoms with Crippen LogP contribution in [-0.2, 0) is 0 Å². The number of nitrogens with one attached hydrogen (secondary N) is 2. The monoisotopic (exact) mass is 282 g/mol. The lowest BCUT2D eigenvalue weighted by Crippen LogP contribution is -2.23. The van der Waals surface area contributed by atoms with Crippen molar-refractivity contribution in [2.75, 3.05) is 5.43 Å². The molecule has 0 radical (unpaired) electrons. The van der Waals surface area contributed by atoms with E-state index in [0.29, 0.717) is 0 Å². The van der Waals surface area contributed by atoms with E-state index >= 15 is 0 Å². The first-order valence-electron chi connectivity index (χ1n) is 7.82. The summed E-state index contributed by atoms with van der Waals surface area (Å²) in [6.45, 7) is 2.19. The van der Waals surface area contributed by atoms with Crippen molar-refractivity contribution in [3.05, 3.63) is 41.7 Å². The van der Waals surface area contributed by atoms with Crippen molar-refractivity contribution in [1.82, 2.24) is 15.6 Å². The van der Waals surface area contributed by atoms with Crippen LogP contribution in [0.4, 0.5) is 5.82 Å². The van der Waals surface area contributed by atoms with Crippen molar-refractivity contribution in [2.24, 2.45) is 0 Å². The number of rotatable bonds is 4. The van der Waals surface area contributed by atoms with Crippen LogP contribution in [0.2, 0.25) is 0 Å². The van der Waals surface area contributed by atoms with Crippen LogP contribution < -0.4 is 10.9 Å². The summed E-state index contributed by atoms with van der Waals surface area (Å²) in [4.78, 5) is 0. The molecular formula is C17H22N4. The van der Waals surface area contributed by atoms with E-state index in [1.807, 2.05) is 12.1 Å². The van der Waals surface area contributed by atoms with Gasteiger partial charge in [0.25, 0.3) is 0 Å². The Bertz CT molecular complexity index is 635. The zero-order valence-electron chi connectivity index (χ0n) is 12.5. The smallest absolute Gasteiger partial charge is 0.174 e. The summed E-state index contributed by atoms with van der Waals surface area (Å²) in [6.07, 6.45) is 9.24. The molecule has 1 aromatic carbocycles. The number of hydrogen-bond donors (Lipinski definition) is 2. The molecule has 2 N–H and O–H groups in total. The van der Waals surface area contributed by atoms with Crippen LogP contribution in [0.25, 0.3) is 10.8 Å². The summed E-state index contributed by atoms with van der Waals surface area (Å²) in [5, 5.41) is 10.5. The Balaban J connectivity index is 1.79. The molecule has 3 rings (SSSR count). The van der Waals surface area contributed by atoms with Gasteiger partial charge in [0, 0.05) is 16.5 Å². The van der Waals surface area contributed by atoms with E-state index in [2.05, 4.69) is 40.1 Å². The Hall–Kier alpha value is -2.10. The molecular weight excluding hydrogens is 260 g/mol. The fourth-order valence-electron chi connectivity index (χ4n) is 2.96. The molecule has 21 heavy (non-hydrogen) atoms. The van der Waals surface area contributed by atoms with Gasteiger partial charge in [-0.15, -0.1) is 5.10 Å². The van der Waals surface area contributed by atoms with Gasteiger partial charge in [0.1, 0.15) is 0 Å². The van der Waals surface area contributed by atoms with Crippen LogP contribution in [0.15, 0.2) is 41.7 Å². The Morgan fingerprint density at radius 1 is 1.14 bits per heavy atom. The van der Waals surface area contributed by atoms with Gasteiger partial charge in [-0.1, -0.05) is 37.6 Å². The maximum Gasteiger partial charge on any atom is 0.174 e. The van der Waals surface area contributed by atoms with Crippen LogP contribution in [0.5, 0.6) is 0 Å². The summed E-state index contributed by atoms with van der Waals surface area (Å²) in [7, 11) is 0. The molecule has 0 amide bonds. The number of aromatic nitrogens is 2. The Kier molecular flexibility index (Phi) is 4.34. The molecule has 0 aliphatic heterocycles. The molecule has 1 fully saturated rings. The van der Waals surface area contributed by atoms with Crippen molar-refractivity contribution < 1.29 is 0 Å². The fraction of sp³-hybridized carbons (Fsp3) is 0.412. The van der Waals surface area contributed by atoms with Crippen molar-refractivity contribution in [3.8, 4) is 0 Å². The molecule has 4 heteroatoms. The lowest BCUT2D eigenvalue weighted by Gasteiger charge is -2.20. The van der Waals surface area contributed by atoms with Crippen LogP contribution in [0, 0.1) is 0 Å². The van der Waals surface area contributed by atoms with Gasteiger partial charge in [0.15, 0.2) is 5.82 Å². The summed E-state index contributed by atoms with van der Waals surface area (Å²) in [5.41, 5.74) is 9.50. The summed E-state index contributed by atoms with van der Waals surface area (Å²) < 4.78 is 0. The predicted octanol–water partition coefficient (Wildman–Crippen LogP) is 4.17. The SMILES string of the molecule is CCC(NNc1nncc2ccccc12)=C1CCCCC1. The van der Waals surface area contributed by atoms with E-state index < -0.39 is 0 Å². The Morgan fingerprint density at radius 3 is 2.76 bits per heavy atom. The summed E-state index contributed by atoms with van der Waals surface area (Å²) >= 11 is 0. The third-order valence-electron chi connectivity index (χ3n) is 4.14. The van der Waals surface area contributed by atoms with Crippen LogP contribution in [-0.4, -0.2) is 10.2 Å². The normalized spacial score (nSPS) is 15.0. The van der Waals surface area contributed by atoms with Crippen LogP contribution in [0.1, 0.15) is 45.4 Å². The Morgan fingerprint density at radius 2 is 1.95 bits per heavy atom. The number of allylic oxidation sites excluding steroid dienone is 2. The summed E-state index contributed by atoms with van der Waals surface area (Å²) in [5.74, 6) is 0.787. The molecule has 0 unspecified atom stereocenters. The maximum atomic E-state index is 4.21. The average Bonchev–Trinajstić information content (AvgIpc) is 2.56. The van der Waals surface area contributed by atoms with Gasteiger partial charge < -0.3 is 5.43 Å². The number of hydrogen-bond acceptors (Lipinski definition) is 4. The molecule has 0 bridgehead atoms. The van der Waals surface area contributed by atoms with Gasteiger partial charge in [0.2, 0.25) is 0 Å². The number of hydrazine groups is 1. The molecule has 0 spiro atoms. The first-order valence-corrected chi connectivity index (χ1v) is 7.82. The van der Waals surface area contributed by atoms with Gasteiger partial charge in [0.05, 0.1) is 6.20 Å². The van der Waals surface area contributed by atoms with Crippen molar-refractivity contribution >= 4 is 16.6 Å². The van der Waals surface area contributed by atoms with Crippen LogP contribution >= 0.6 is 0 Å². The second-order valence-electron chi connectivity index (χ2n) is 5.53. The highest BCUT2D eigenvalue weighted by molar-refractivity contribution is 5.90. The number of nitrogens with zero attached hydrogens (tertiary/aromatic N) is 2. The van der Waals surface area contributed by atoms with E-state index in [1.165, 1.54) is 37.8 Å². The zero-order valence-corrected chi connectivity index (χ0v) is 12.5. The highest BCUT2D eigenvalue weighted by Gasteiger charge is 2.10. The first kappa shape index (κ1) is 13.9. The Labute approximate surface area is 125 Å². The molecule has 1 saturated carbocycles. The van der Waals surface area contributed by atoms with Gasteiger partial charge in [-0.05, 0) is 37.7 Å². The molecule has 1 aromatic heterocycles. The lowest BCUT2D eigenvalue weighted by molar-refractivity contribution is 0.583. The minimum Gasteiger partial charge on any atom is -0.304 e. The first-order chi connectivity index (χ1) is 10.4. The highest BCUT2D eigenvalue weighted by Crippen LogP contribution is 2.26. The van der Waals surface area contributed by atoms with Gasteiger partial charge in [-0.3, -0.25) is 5.43 Å². The molecule has 4 nitrogen and oxygen atoms in total. The van der Waals surface area contributed by atoms with E-state index in [9.17, 15) is 0 Å². The van der Waals surface area contributed by atoms with E-state index in [0.717, 1.165) is 23.0 Å². The lowest BCUT2D eigenvalue weighted by atomic mass is 9.93. The highest BCUT2D eigenvalue weighted by atomic mass is 15.4. The second kappa shape index (κ2) is 6.57. The van der Waals surface area contributed by atoms with E-state index in [1.54, 1.807) is 11.8 Å². The molecule has 0 atom stereocenters. The van der Waals surface area contributed by atoms with Crippen molar-refractivity contribution in [1.29, 1.82) is 0 Å². The average molecular weight is 282 g/mol. The minimum atomic E-state index is 0.787. The van der Waals surface area contributed by atoms with Crippen molar-refractivity contribution in [2.45, 2.75) is 45.4 Å². The van der Waals surface area contributed by atoms with Gasteiger partial charge in [-0.25, -0.2) is 0 Å². The second-order valence-corrected chi connectivity index (χ2v) is 5.53. The van der Waals surface area contributed by atoms with Crippen LogP contribution in [0.3, 0.4) is 0 Å². The minimum absolute atomic E-state index is 0.787. The topological polar surface area (TPSA) is 49.8 Å². The van der Waals surface area contributed by atoms with Crippen molar-refractivity contribution in [3.63, 3.8) is 0 Å². The van der Waals surface area contributed by atoms with Gasteiger partial charge in [-0.2, -0.15) is 5.10 Å². The van der Waals surface area contributed by atoms with E-state index in [-0.39, 0.29) is 0 Å². The molecule has 1 heterocycles. The number of benzene rings is 1. The quantitative estimate of drug-likeness (QED) is 0.826. The summed E-state index contributed by atoms with van der Waals surface area (Å²) in [6, 6.07) is 8.15. The number of anilines is 1. The van der Waals surface area contributed by atoms with Gasteiger partial charge >= 0.3 is 0 Å². The third-order valence-corrected chi connectivity index (χ3v) is 4.14. The largest absolute Gasteiger partial charge is 0.304 e. The predicted molar refractivity (Wildman–Crippen MR) is 86.7 cm³/mol. The maximum absolute atomic E-state index is 4.21.